The Morgan fingerprint density at radius 2 is 2.24 bits per heavy atom. The zero-order valence-corrected chi connectivity index (χ0v) is 11.3. The van der Waals surface area contributed by atoms with Crippen LogP contribution in [0.25, 0.3) is 11.0 Å². The van der Waals surface area contributed by atoms with Gasteiger partial charge in [-0.1, -0.05) is 15.9 Å². The molecular weight excluding hydrogens is 308 g/mol. The molecule has 0 bridgehead atoms. The summed E-state index contributed by atoms with van der Waals surface area (Å²) in [4.78, 5) is 11.2. The number of carbonyl (C=O) groups is 1. The monoisotopic (exact) mass is 316 g/mol. The Labute approximate surface area is 108 Å². The number of hydrogen-bond donors (Lipinski definition) is 1. The summed E-state index contributed by atoms with van der Waals surface area (Å²) in [7, 11) is -1.29. The van der Waals surface area contributed by atoms with Gasteiger partial charge in [0.05, 0.1) is 15.7 Å². The highest BCUT2D eigenvalue weighted by molar-refractivity contribution is 9.10. The van der Waals surface area contributed by atoms with Gasteiger partial charge >= 0.3 is 5.97 Å². The summed E-state index contributed by atoms with van der Waals surface area (Å²) in [5.74, 6) is -0.749. The Balaban J connectivity index is 2.71. The normalized spacial score (nSPS) is 12.8. The van der Waals surface area contributed by atoms with E-state index in [2.05, 4.69) is 15.9 Å². The van der Waals surface area contributed by atoms with E-state index in [4.69, 9.17) is 9.52 Å². The Morgan fingerprint density at radius 1 is 1.53 bits per heavy atom. The smallest absolute Gasteiger partial charge is 0.311 e. The largest absolute Gasteiger partial charge is 0.481 e. The highest BCUT2D eigenvalue weighted by Crippen LogP contribution is 2.31. The van der Waals surface area contributed by atoms with Gasteiger partial charge < -0.3 is 9.52 Å². The molecule has 2 rings (SSSR count). The van der Waals surface area contributed by atoms with Crippen LogP contribution in [0.15, 0.2) is 32.0 Å². The van der Waals surface area contributed by atoms with Crippen LogP contribution in [0.3, 0.4) is 0 Å². The van der Waals surface area contributed by atoms with Crippen LogP contribution >= 0.6 is 15.9 Å². The predicted octanol–water partition coefficient (Wildman–Crippen LogP) is 2.56. The van der Waals surface area contributed by atoms with Crippen molar-refractivity contribution in [3.05, 3.63) is 28.4 Å². The molecule has 90 valence electrons. The highest BCUT2D eigenvalue weighted by atomic mass is 79.9. The molecule has 0 aliphatic heterocycles. The van der Waals surface area contributed by atoms with Crippen LogP contribution < -0.4 is 0 Å². The number of carboxylic acids is 1. The summed E-state index contributed by atoms with van der Waals surface area (Å²) in [5, 5.41) is 9.48. The fourth-order valence-electron chi connectivity index (χ4n) is 1.67. The molecule has 1 aromatic heterocycles. The first kappa shape index (κ1) is 12.3. The van der Waals surface area contributed by atoms with E-state index in [-0.39, 0.29) is 12.2 Å². The van der Waals surface area contributed by atoms with Gasteiger partial charge in [-0.15, -0.1) is 0 Å². The van der Waals surface area contributed by atoms with Gasteiger partial charge in [0.2, 0.25) is 0 Å². The SMILES string of the molecule is C[S@@](=O)c1c(CC(=O)O)oc2ccc(Br)cc12. The van der Waals surface area contributed by atoms with Crippen molar-refractivity contribution in [2.45, 2.75) is 11.3 Å². The quantitative estimate of drug-likeness (QED) is 0.945. The van der Waals surface area contributed by atoms with Crippen molar-refractivity contribution in [3.8, 4) is 0 Å². The summed E-state index contributed by atoms with van der Waals surface area (Å²) in [6, 6.07) is 5.29. The first-order chi connectivity index (χ1) is 7.99. The van der Waals surface area contributed by atoms with E-state index in [1.54, 1.807) is 18.2 Å². The molecule has 0 radical (unpaired) electrons. The van der Waals surface area contributed by atoms with Crippen LogP contribution in [0, 0.1) is 0 Å². The van der Waals surface area contributed by atoms with Crippen LogP contribution in [0.4, 0.5) is 0 Å². The molecule has 1 N–H and O–H groups in total. The zero-order chi connectivity index (χ0) is 12.6. The predicted molar refractivity (Wildman–Crippen MR) is 67.6 cm³/mol. The molecule has 6 heteroatoms. The zero-order valence-electron chi connectivity index (χ0n) is 8.90. The molecule has 0 unspecified atom stereocenters. The number of hydrogen-bond acceptors (Lipinski definition) is 3. The lowest BCUT2D eigenvalue weighted by molar-refractivity contribution is -0.136. The van der Waals surface area contributed by atoms with Crippen LogP contribution in [0.1, 0.15) is 5.76 Å². The van der Waals surface area contributed by atoms with Crippen molar-refractivity contribution < 1.29 is 18.5 Å². The summed E-state index contributed by atoms with van der Waals surface area (Å²) in [6.07, 6.45) is 1.25. The minimum atomic E-state index is -1.29. The molecule has 0 saturated heterocycles. The van der Waals surface area contributed by atoms with Gasteiger partial charge in [0, 0.05) is 16.1 Å². The topological polar surface area (TPSA) is 67.5 Å². The highest BCUT2D eigenvalue weighted by Gasteiger charge is 2.19. The molecule has 1 atom stereocenters. The second kappa shape index (κ2) is 4.62. The van der Waals surface area contributed by atoms with Crippen molar-refractivity contribution in [1.82, 2.24) is 0 Å². The molecule has 17 heavy (non-hydrogen) atoms. The molecule has 0 saturated carbocycles. The van der Waals surface area contributed by atoms with Crippen molar-refractivity contribution in [3.63, 3.8) is 0 Å². The molecule has 1 heterocycles. The van der Waals surface area contributed by atoms with Crippen LogP contribution in [0.5, 0.6) is 0 Å². The van der Waals surface area contributed by atoms with Gasteiger partial charge in [-0.3, -0.25) is 9.00 Å². The molecule has 4 nitrogen and oxygen atoms in total. The fraction of sp³-hybridized carbons (Fsp3) is 0.182. The molecule has 0 amide bonds. The molecule has 2 aromatic rings. The summed E-state index contributed by atoms with van der Waals surface area (Å²) in [5.41, 5.74) is 0.551. The number of fused-ring (bicyclic) bond motifs is 1. The van der Waals surface area contributed by atoms with Gasteiger partial charge in [0.25, 0.3) is 0 Å². The lowest BCUT2D eigenvalue weighted by atomic mass is 10.2. The number of halogens is 1. The average Bonchev–Trinajstić information content (AvgIpc) is 2.53. The van der Waals surface area contributed by atoms with E-state index in [0.29, 0.717) is 15.9 Å². The molecule has 1 aromatic carbocycles. The Bertz CT molecular complexity index is 617. The number of aliphatic carboxylic acids is 1. The van der Waals surface area contributed by atoms with E-state index < -0.39 is 16.8 Å². The van der Waals surface area contributed by atoms with Crippen molar-refractivity contribution >= 4 is 43.7 Å². The second-order valence-electron chi connectivity index (χ2n) is 3.52. The average molecular weight is 317 g/mol. The molecule has 0 fully saturated rings. The van der Waals surface area contributed by atoms with Gasteiger partial charge in [-0.25, -0.2) is 0 Å². The number of carboxylic acid groups (broad SMARTS) is 1. The maximum Gasteiger partial charge on any atom is 0.311 e. The Morgan fingerprint density at radius 3 is 2.82 bits per heavy atom. The van der Waals surface area contributed by atoms with Gasteiger partial charge in [-0.2, -0.15) is 0 Å². The van der Waals surface area contributed by atoms with E-state index in [1.807, 2.05) is 0 Å². The molecular formula is C11H9BrO4S. The third-order valence-electron chi connectivity index (χ3n) is 2.27. The number of furan rings is 1. The number of rotatable bonds is 3. The van der Waals surface area contributed by atoms with Gasteiger partial charge in [0.1, 0.15) is 17.8 Å². The van der Waals surface area contributed by atoms with Crippen LogP contribution in [0.2, 0.25) is 0 Å². The molecule has 0 spiro atoms. The first-order valence-electron chi connectivity index (χ1n) is 4.75. The van der Waals surface area contributed by atoms with Gasteiger partial charge in [-0.05, 0) is 18.2 Å². The van der Waals surface area contributed by atoms with E-state index in [0.717, 1.165) is 4.47 Å². The molecule has 0 aliphatic carbocycles. The minimum Gasteiger partial charge on any atom is -0.481 e. The molecule has 0 aliphatic rings. The maximum absolute atomic E-state index is 11.7. The number of benzene rings is 1. The van der Waals surface area contributed by atoms with Crippen molar-refractivity contribution in [1.29, 1.82) is 0 Å². The van der Waals surface area contributed by atoms with E-state index in [1.165, 1.54) is 6.26 Å². The second-order valence-corrected chi connectivity index (χ2v) is 5.75. The third-order valence-corrected chi connectivity index (χ3v) is 3.79. The van der Waals surface area contributed by atoms with Gasteiger partial charge in [0.15, 0.2) is 0 Å². The fourth-order valence-corrected chi connectivity index (χ4v) is 2.93. The lowest BCUT2D eigenvalue weighted by Gasteiger charge is -1.96. The first-order valence-corrected chi connectivity index (χ1v) is 7.10. The van der Waals surface area contributed by atoms with E-state index >= 15 is 0 Å². The summed E-state index contributed by atoms with van der Waals surface area (Å²) in [6.45, 7) is 0. The summed E-state index contributed by atoms with van der Waals surface area (Å²) < 4.78 is 17.9. The Hall–Kier alpha value is -1.14. The third kappa shape index (κ3) is 2.42. The summed E-state index contributed by atoms with van der Waals surface area (Å²) >= 11 is 3.32. The minimum absolute atomic E-state index is 0.256. The van der Waals surface area contributed by atoms with Crippen molar-refractivity contribution in [2.24, 2.45) is 0 Å². The van der Waals surface area contributed by atoms with Crippen LogP contribution in [-0.2, 0) is 22.0 Å². The standard InChI is InChI=1S/C11H9BrO4S/c1-17(15)11-7-4-6(12)2-3-8(7)16-9(11)5-10(13)14/h2-4H,5H2,1H3,(H,13,14)/t17-/m1/s1. The Kier molecular flexibility index (Phi) is 3.35. The maximum atomic E-state index is 11.7. The van der Waals surface area contributed by atoms with Crippen molar-refractivity contribution in [2.75, 3.05) is 6.26 Å². The lowest BCUT2D eigenvalue weighted by Crippen LogP contribution is -2.02. The van der Waals surface area contributed by atoms with Crippen LogP contribution in [-0.4, -0.2) is 21.5 Å². The van der Waals surface area contributed by atoms with E-state index in [9.17, 15) is 9.00 Å².